The molecule has 1 aliphatic carbocycles. The van der Waals surface area contributed by atoms with Crippen molar-refractivity contribution in [3.63, 3.8) is 0 Å². The molecule has 1 aliphatic heterocycles. The summed E-state index contributed by atoms with van der Waals surface area (Å²) >= 11 is 0. The Kier molecular flexibility index (Phi) is 7.76. The molecular formula is C24H36N4O5. The number of nitrogens with two attached hydrogens (primary N) is 2. The average molecular weight is 461 g/mol. The van der Waals surface area contributed by atoms with Crippen molar-refractivity contribution in [2.45, 2.75) is 88.1 Å². The molecule has 9 nitrogen and oxygen atoms in total. The van der Waals surface area contributed by atoms with Crippen molar-refractivity contribution in [2.75, 3.05) is 6.61 Å². The smallest absolute Gasteiger partial charge is 0.326 e. The molecule has 1 aromatic carbocycles. The molecule has 0 radical (unpaired) electrons. The van der Waals surface area contributed by atoms with Gasteiger partial charge in [-0.05, 0) is 51.5 Å². The van der Waals surface area contributed by atoms with Crippen LogP contribution in [0.1, 0.15) is 57.9 Å². The largest absolute Gasteiger partial charge is 0.480 e. The summed E-state index contributed by atoms with van der Waals surface area (Å²) < 4.78 is 5.21. The third-order valence-electron chi connectivity index (χ3n) is 7.07. The molecule has 0 bridgehead atoms. The Balaban J connectivity index is 1.78. The second-order valence-corrected chi connectivity index (χ2v) is 9.27. The van der Waals surface area contributed by atoms with E-state index in [2.05, 4.69) is 5.32 Å². The second kappa shape index (κ2) is 10.2. The van der Waals surface area contributed by atoms with Gasteiger partial charge in [-0.25, -0.2) is 4.79 Å². The monoisotopic (exact) mass is 460 g/mol. The Hall–Kier alpha value is -2.49. The third kappa shape index (κ3) is 5.05. The first-order chi connectivity index (χ1) is 15.6. The minimum absolute atomic E-state index is 0.118. The minimum Gasteiger partial charge on any atom is -0.480 e. The number of benzene rings is 1. The summed E-state index contributed by atoms with van der Waals surface area (Å²) in [5.74, 6) is -2.03. The average Bonchev–Trinajstić information content (AvgIpc) is 3.04. The number of fused-ring (bicyclic) bond motifs is 1. The van der Waals surface area contributed by atoms with E-state index in [4.69, 9.17) is 16.2 Å². The molecule has 2 aliphatic rings. The number of carboxylic acid groups (broad SMARTS) is 1. The number of carbonyl (C=O) groups is 3. The van der Waals surface area contributed by atoms with Gasteiger partial charge in [0.05, 0.1) is 18.2 Å². The summed E-state index contributed by atoms with van der Waals surface area (Å²) in [5, 5.41) is 12.9. The standard InChI is InChI=1S/C24H36N4O5/c1-3-33-22(32)18(12-11-17-9-5-4-6-10-17)27-16(2)20(29)28-19(21(30)31)15-23(25)13-7-8-14-24(23,28)26/h4-6,9-10,16,18-19,27H,3,7-8,11-15,25-26H2,1-2H3,(H,30,31)/t16-,18-,19-,23-,24-/m0/s1. The predicted octanol–water partition coefficient (Wildman–Crippen LogP) is 1.14. The van der Waals surface area contributed by atoms with Crippen molar-refractivity contribution in [1.29, 1.82) is 0 Å². The first-order valence-electron chi connectivity index (χ1n) is 11.7. The van der Waals surface area contributed by atoms with Gasteiger partial charge >= 0.3 is 11.9 Å². The molecule has 0 unspecified atom stereocenters. The van der Waals surface area contributed by atoms with Crippen LogP contribution in [0.5, 0.6) is 0 Å². The maximum absolute atomic E-state index is 13.6. The molecule has 182 valence electrons. The lowest BCUT2D eigenvalue weighted by Crippen LogP contribution is -2.72. The number of carbonyl (C=O) groups excluding carboxylic acids is 2. The van der Waals surface area contributed by atoms with E-state index < -0.39 is 47.2 Å². The molecular weight excluding hydrogens is 424 g/mol. The molecule has 1 saturated carbocycles. The maximum Gasteiger partial charge on any atom is 0.326 e. The minimum atomic E-state index is -1.23. The van der Waals surface area contributed by atoms with E-state index in [9.17, 15) is 19.5 Å². The van der Waals surface area contributed by atoms with Crippen LogP contribution in [0.4, 0.5) is 0 Å². The van der Waals surface area contributed by atoms with Crippen LogP contribution in [-0.2, 0) is 25.5 Å². The van der Waals surface area contributed by atoms with E-state index in [1.54, 1.807) is 13.8 Å². The van der Waals surface area contributed by atoms with Gasteiger partial charge in [0.15, 0.2) is 0 Å². The Morgan fingerprint density at radius 2 is 1.88 bits per heavy atom. The molecule has 0 aromatic heterocycles. The van der Waals surface area contributed by atoms with Crippen LogP contribution in [-0.4, -0.2) is 63.8 Å². The number of carboxylic acids is 1. The van der Waals surface area contributed by atoms with Gasteiger partial charge in [-0.1, -0.05) is 36.8 Å². The Morgan fingerprint density at radius 3 is 2.52 bits per heavy atom. The van der Waals surface area contributed by atoms with Gasteiger partial charge < -0.3 is 26.2 Å². The lowest BCUT2D eigenvalue weighted by atomic mass is 9.73. The molecule has 33 heavy (non-hydrogen) atoms. The van der Waals surface area contributed by atoms with Crippen LogP contribution in [0.3, 0.4) is 0 Å². The number of esters is 1. The molecule has 6 N–H and O–H groups in total. The maximum atomic E-state index is 13.6. The number of aryl methyl sites for hydroxylation is 1. The van der Waals surface area contributed by atoms with Crippen molar-refractivity contribution in [3.8, 4) is 0 Å². The quantitative estimate of drug-likeness (QED) is 0.401. The van der Waals surface area contributed by atoms with Gasteiger partial charge in [-0.2, -0.15) is 0 Å². The zero-order valence-corrected chi connectivity index (χ0v) is 19.5. The van der Waals surface area contributed by atoms with Crippen LogP contribution in [0, 0.1) is 0 Å². The molecule has 1 saturated heterocycles. The van der Waals surface area contributed by atoms with Crippen molar-refractivity contribution in [2.24, 2.45) is 11.5 Å². The van der Waals surface area contributed by atoms with Crippen molar-refractivity contribution < 1.29 is 24.2 Å². The van der Waals surface area contributed by atoms with Crippen molar-refractivity contribution in [1.82, 2.24) is 10.2 Å². The van der Waals surface area contributed by atoms with Crippen molar-refractivity contribution in [3.05, 3.63) is 35.9 Å². The molecule has 9 heteroatoms. The summed E-state index contributed by atoms with van der Waals surface area (Å²) in [7, 11) is 0. The first kappa shape index (κ1) is 25.1. The highest BCUT2D eigenvalue weighted by Gasteiger charge is 2.63. The Morgan fingerprint density at radius 1 is 1.21 bits per heavy atom. The number of hydrogen-bond donors (Lipinski definition) is 4. The number of nitrogens with zero attached hydrogens (tertiary/aromatic N) is 1. The number of likely N-dealkylation sites (tertiary alicyclic amines) is 1. The van der Waals surface area contributed by atoms with Gasteiger partial charge in [0.1, 0.15) is 17.7 Å². The fraction of sp³-hybridized carbons (Fsp3) is 0.625. The predicted molar refractivity (Wildman–Crippen MR) is 123 cm³/mol. The van der Waals surface area contributed by atoms with Crippen LogP contribution in [0.25, 0.3) is 0 Å². The van der Waals surface area contributed by atoms with E-state index in [0.29, 0.717) is 25.7 Å². The third-order valence-corrected chi connectivity index (χ3v) is 7.07. The molecule has 1 heterocycles. The topological polar surface area (TPSA) is 148 Å². The van der Waals surface area contributed by atoms with Crippen LogP contribution in [0.15, 0.2) is 30.3 Å². The van der Waals surface area contributed by atoms with E-state index in [0.717, 1.165) is 18.4 Å². The Bertz CT molecular complexity index is 866. The number of amides is 1. The summed E-state index contributed by atoms with van der Waals surface area (Å²) in [5.41, 5.74) is 12.1. The van der Waals surface area contributed by atoms with Crippen LogP contribution >= 0.6 is 0 Å². The fourth-order valence-corrected chi connectivity index (χ4v) is 5.25. The summed E-state index contributed by atoms with van der Waals surface area (Å²) in [6.07, 6.45) is 3.80. The number of hydrogen-bond acceptors (Lipinski definition) is 7. The second-order valence-electron chi connectivity index (χ2n) is 9.27. The summed E-state index contributed by atoms with van der Waals surface area (Å²) in [4.78, 5) is 39.5. The van der Waals surface area contributed by atoms with Gasteiger partial charge in [0.25, 0.3) is 0 Å². The van der Waals surface area contributed by atoms with Crippen LogP contribution < -0.4 is 16.8 Å². The van der Waals surface area contributed by atoms with Gasteiger partial charge in [-0.15, -0.1) is 0 Å². The molecule has 5 atom stereocenters. The van der Waals surface area contributed by atoms with E-state index in [1.807, 2.05) is 30.3 Å². The van der Waals surface area contributed by atoms with Gasteiger partial charge in [0, 0.05) is 6.42 Å². The van der Waals surface area contributed by atoms with E-state index in [-0.39, 0.29) is 13.0 Å². The van der Waals surface area contributed by atoms with Gasteiger partial charge in [0.2, 0.25) is 5.91 Å². The van der Waals surface area contributed by atoms with Crippen molar-refractivity contribution >= 4 is 17.8 Å². The normalized spacial score (nSPS) is 28.6. The summed E-state index contributed by atoms with van der Waals surface area (Å²) in [6.45, 7) is 3.57. The molecule has 1 aromatic rings. The molecule has 3 rings (SSSR count). The van der Waals surface area contributed by atoms with Gasteiger partial charge in [-0.3, -0.25) is 14.9 Å². The fourth-order valence-electron chi connectivity index (χ4n) is 5.25. The lowest BCUT2D eigenvalue weighted by Gasteiger charge is -2.48. The number of nitrogens with one attached hydrogen (secondary N) is 1. The molecule has 0 spiro atoms. The highest BCUT2D eigenvalue weighted by atomic mass is 16.5. The zero-order chi connectivity index (χ0) is 24.2. The highest BCUT2D eigenvalue weighted by Crippen LogP contribution is 2.46. The SMILES string of the molecule is CCOC(=O)[C@H](CCc1ccccc1)N[C@@H](C)C(=O)N1[C@H](C(=O)O)C[C@@]2(N)CCCC[C@]12N. The molecule has 2 fully saturated rings. The first-order valence-corrected chi connectivity index (χ1v) is 11.7. The molecule has 1 amide bonds. The number of ether oxygens (including phenoxy) is 1. The lowest BCUT2D eigenvalue weighted by molar-refractivity contribution is -0.155. The summed E-state index contributed by atoms with van der Waals surface area (Å²) in [6, 6.07) is 7.06. The number of aliphatic carboxylic acids is 1. The van der Waals surface area contributed by atoms with E-state index in [1.165, 1.54) is 4.90 Å². The Labute approximate surface area is 194 Å². The number of rotatable bonds is 9. The van der Waals surface area contributed by atoms with E-state index >= 15 is 0 Å². The zero-order valence-electron chi connectivity index (χ0n) is 19.5. The highest BCUT2D eigenvalue weighted by molar-refractivity contribution is 5.89. The van der Waals surface area contributed by atoms with Crippen LogP contribution in [0.2, 0.25) is 0 Å².